The molecule has 0 bridgehead atoms. The second-order valence-corrected chi connectivity index (χ2v) is 7.34. The molecule has 32 heavy (non-hydrogen) atoms. The van der Waals surface area contributed by atoms with Gasteiger partial charge >= 0.3 is 5.97 Å². The normalized spacial score (nSPS) is 14.5. The van der Waals surface area contributed by atoms with Crippen LogP contribution < -0.4 is 10.6 Å². The number of nitrogens with zero attached hydrogens (tertiary/aromatic N) is 2. The van der Waals surface area contributed by atoms with Crippen molar-refractivity contribution in [1.82, 2.24) is 15.5 Å². The lowest BCUT2D eigenvalue weighted by Crippen LogP contribution is -2.41. The number of aliphatic imine (C=N–C) groups is 1. The lowest BCUT2D eigenvalue weighted by Gasteiger charge is -2.26. The summed E-state index contributed by atoms with van der Waals surface area (Å²) in [6.45, 7) is 6.78. The van der Waals surface area contributed by atoms with Gasteiger partial charge in [0.05, 0.1) is 38.7 Å². The predicted octanol–water partition coefficient (Wildman–Crippen LogP) is 2.68. The van der Waals surface area contributed by atoms with Gasteiger partial charge in [-0.3, -0.25) is 4.90 Å². The van der Waals surface area contributed by atoms with Crippen molar-refractivity contribution in [2.24, 2.45) is 4.99 Å². The number of halogens is 1. The Labute approximate surface area is 206 Å². The summed E-state index contributed by atoms with van der Waals surface area (Å²) in [5.74, 6) is 1.38. The second kappa shape index (κ2) is 14.9. The number of hydrogen-bond acceptors (Lipinski definition) is 6. The van der Waals surface area contributed by atoms with Crippen molar-refractivity contribution in [3.8, 4) is 0 Å². The molecule has 2 N–H and O–H groups in total. The number of esters is 1. The zero-order chi connectivity index (χ0) is 21.7. The third-order valence-corrected chi connectivity index (χ3v) is 5.09. The molecule has 0 spiro atoms. The number of carbonyl (C=O) groups excluding carboxylic acids is 1. The van der Waals surface area contributed by atoms with Gasteiger partial charge in [-0.05, 0) is 42.8 Å². The molecule has 0 atom stereocenters. The van der Waals surface area contributed by atoms with Crippen molar-refractivity contribution in [2.45, 2.75) is 19.4 Å². The van der Waals surface area contributed by atoms with Gasteiger partial charge in [-0.25, -0.2) is 9.79 Å². The molecular weight excluding hydrogens is 523 g/mol. The Bertz CT molecular complexity index is 806. The Kier molecular flexibility index (Phi) is 12.1. The zero-order valence-electron chi connectivity index (χ0n) is 18.5. The fourth-order valence-electron chi connectivity index (χ4n) is 3.30. The van der Waals surface area contributed by atoms with Gasteiger partial charge in [0.2, 0.25) is 0 Å². The summed E-state index contributed by atoms with van der Waals surface area (Å²) >= 11 is 0. The van der Waals surface area contributed by atoms with E-state index in [9.17, 15) is 4.79 Å². The largest absolute Gasteiger partial charge is 0.469 e. The van der Waals surface area contributed by atoms with Gasteiger partial charge in [-0.2, -0.15) is 0 Å². The van der Waals surface area contributed by atoms with Gasteiger partial charge in [-0.1, -0.05) is 12.1 Å². The van der Waals surface area contributed by atoms with Crippen molar-refractivity contribution >= 4 is 35.9 Å². The topological polar surface area (TPSA) is 88.3 Å². The highest BCUT2D eigenvalue weighted by atomic mass is 127. The first-order valence-electron chi connectivity index (χ1n) is 10.8. The average Bonchev–Trinajstić information content (AvgIpc) is 3.34. The number of methoxy groups -OCH3 is 1. The Balaban J connectivity index is 0.00000363. The first-order chi connectivity index (χ1) is 15.2. The smallest absolute Gasteiger partial charge is 0.337 e. The van der Waals surface area contributed by atoms with E-state index in [1.807, 2.05) is 24.3 Å². The molecular formula is C23H33IN4O4. The van der Waals surface area contributed by atoms with E-state index >= 15 is 0 Å². The third-order valence-electron chi connectivity index (χ3n) is 5.09. The van der Waals surface area contributed by atoms with Gasteiger partial charge in [0.1, 0.15) is 5.76 Å². The summed E-state index contributed by atoms with van der Waals surface area (Å²) in [5, 5.41) is 6.80. The number of ether oxygens (including phenoxy) is 2. The monoisotopic (exact) mass is 556 g/mol. The minimum Gasteiger partial charge on any atom is -0.469 e. The summed E-state index contributed by atoms with van der Waals surface area (Å²) in [6.07, 6.45) is 3.51. The standard InChI is InChI=1S/C23H32N4O4.HI/c1-29-22(28)20-7-5-19(6-8-20)18-26-23(25-11-9-21-4-2-15-31-21)24-10-3-12-27-13-16-30-17-14-27;/h2,4-8,15H,3,9-14,16-18H2,1H3,(H2,24,25,26);1H. The first kappa shape index (κ1) is 26.1. The Hall–Kier alpha value is -2.11. The maximum absolute atomic E-state index is 11.6. The molecule has 1 saturated heterocycles. The number of benzene rings is 1. The van der Waals surface area contributed by atoms with Crippen molar-refractivity contribution in [2.75, 3.05) is 53.0 Å². The molecule has 1 aliphatic heterocycles. The van der Waals surface area contributed by atoms with Crippen LogP contribution in [0.15, 0.2) is 52.1 Å². The third kappa shape index (κ3) is 9.17. The number of furan rings is 1. The van der Waals surface area contributed by atoms with E-state index in [0.29, 0.717) is 12.1 Å². The van der Waals surface area contributed by atoms with Crippen molar-refractivity contribution in [3.63, 3.8) is 0 Å². The number of rotatable bonds is 10. The van der Waals surface area contributed by atoms with Crippen LogP contribution >= 0.6 is 24.0 Å². The van der Waals surface area contributed by atoms with Crippen LogP contribution in [-0.4, -0.2) is 69.9 Å². The predicted molar refractivity (Wildman–Crippen MR) is 135 cm³/mol. The molecule has 1 aromatic heterocycles. The van der Waals surface area contributed by atoms with Crippen LogP contribution in [0.4, 0.5) is 0 Å². The summed E-state index contributed by atoms with van der Waals surface area (Å²) < 4.78 is 15.5. The van der Waals surface area contributed by atoms with Crippen LogP contribution in [0.2, 0.25) is 0 Å². The summed E-state index contributed by atoms with van der Waals surface area (Å²) in [7, 11) is 1.38. The van der Waals surface area contributed by atoms with E-state index in [-0.39, 0.29) is 29.9 Å². The molecule has 0 saturated carbocycles. The van der Waals surface area contributed by atoms with Gasteiger partial charge in [0.15, 0.2) is 5.96 Å². The fraction of sp³-hybridized carbons (Fsp3) is 0.478. The number of guanidine groups is 1. The van der Waals surface area contributed by atoms with Crippen LogP contribution in [-0.2, 0) is 22.4 Å². The Morgan fingerprint density at radius 2 is 1.88 bits per heavy atom. The maximum atomic E-state index is 11.6. The number of nitrogens with one attached hydrogen (secondary N) is 2. The van der Waals surface area contributed by atoms with Crippen LogP contribution in [0.25, 0.3) is 0 Å². The molecule has 3 rings (SSSR count). The highest BCUT2D eigenvalue weighted by Crippen LogP contribution is 2.07. The maximum Gasteiger partial charge on any atom is 0.337 e. The Morgan fingerprint density at radius 1 is 1.12 bits per heavy atom. The minimum absolute atomic E-state index is 0. The molecule has 176 valence electrons. The molecule has 0 radical (unpaired) electrons. The Morgan fingerprint density at radius 3 is 2.56 bits per heavy atom. The highest BCUT2D eigenvalue weighted by molar-refractivity contribution is 14.0. The number of hydrogen-bond donors (Lipinski definition) is 2. The molecule has 1 aromatic carbocycles. The van der Waals surface area contributed by atoms with E-state index in [2.05, 4.69) is 15.5 Å². The number of carbonyl (C=O) groups is 1. The lowest BCUT2D eigenvalue weighted by molar-refractivity contribution is 0.0376. The van der Waals surface area contributed by atoms with Crippen LogP contribution in [0.5, 0.6) is 0 Å². The zero-order valence-corrected chi connectivity index (χ0v) is 20.9. The molecule has 2 heterocycles. The molecule has 1 aliphatic rings. The molecule has 0 amide bonds. The molecule has 9 heteroatoms. The van der Waals surface area contributed by atoms with Crippen molar-refractivity contribution < 1.29 is 18.7 Å². The summed E-state index contributed by atoms with van der Waals surface area (Å²) in [4.78, 5) is 18.7. The molecule has 8 nitrogen and oxygen atoms in total. The van der Waals surface area contributed by atoms with Gasteiger partial charge in [0.25, 0.3) is 0 Å². The quantitative estimate of drug-likeness (QED) is 0.153. The highest BCUT2D eigenvalue weighted by Gasteiger charge is 2.09. The first-order valence-corrected chi connectivity index (χ1v) is 10.8. The second-order valence-electron chi connectivity index (χ2n) is 7.34. The average molecular weight is 556 g/mol. The van der Waals surface area contributed by atoms with Crippen molar-refractivity contribution in [1.29, 1.82) is 0 Å². The van der Waals surface area contributed by atoms with E-state index in [0.717, 1.165) is 76.1 Å². The van der Waals surface area contributed by atoms with E-state index in [1.54, 1.807) is 18.4 Å². The molecule has 2 aromatic rings. The fourth-order valence-corrected chi connectivity index (χ4v) is 3.30. The summed E-state index contributed by atoms with van der Waals surface area (Å²) in [5.41, 5.74) is 1.56. The molecule has 1 fully saturated rings. The van der Waals surface area contributed by atoms with Crippen LogP contribution in [0, 0.1) is 0 Å². The number of morpholine rings is 1. The molecule has 0 aliphatic carbocycles. The van der Waals surface area contributed by atoms with E-state index in [1.165, 1.54) is 7.11 Å². The summed E-state index contributed by atoms with van der Waals surface area (Å²) in [6, 6.07) is 11.2. The molecule has 0 unspecified atom stereocenters. The van der Waals surface area contributed by atoms with Gasteiger partial charge in [-0.15, -0.1) is 24.0 Å². The van der Waals surface area contributed by atoms with Crippen LogP contribution in [0.3, 0.4) is 0 Å². The minimum atomic E-state index is -0.336. The van der Waals surface area contributed by atoms with E-state index in [4.69, 9.17) is 18.9 Å². The SMILES string of the molecule is COC(=O)c1ccc(CN=C(NCCCN2CCOCC2)NCCc2ccco2)cc1.I. The van der Waals surface area contributed by atoms with Crippen LogP contribution in [0.1, 0.15) is 28.1 Å². The van der Waals surface area contributed by atoms with Crippen molar-refractivity contribution in [3.05, 3.63) is 59.5 Å². The van der Waals surface area contributed by atoms with Gasteiger partial charge in [0, 0.05) is 32.6 Å². The lowest BCUT2D eigenvalue weighted by atomic mass is 10.1. The van der Waals surface area contributed by atoms with Gasteiger partial charge < -0.3 is 24.5 Å². The van der Waals surface area contributed by atoms with E-state index < -0.39 is 0 Å².